The molecule has 13 heteroatoms. The minimum Gasteiger partial charge on any atom is -0.490 e. The largest absolute Gasteiger partial charge is 0.490 e. The van der Waals surface area contributed by atoms with Gasteiger partial charge in [0.05, 0.1) is 23.8 Å². The molecule has 4 atom stereocenters. The number of carbonyl (C=O) groups is 2. The molecule has 1 spiro atoms. The third kappa shape index (κ3) is 7.17. The van der Waals surface area contributed by atoms with Crippen molar-refractivity contribution >= 4 is 39.3 Å². The highest BCUT2D eigenvalue weighted by Crippen LogP contribution is 2.47. The molecule has 2 heterocycles. The summed E-state index contributed by atoms with van der Waals surface area (Å²) in [5.74, 6) is -0.0477. The number of fused-ring (bicyclic) bond motifs is 4. The third-order valence-electron chi connectivity index (χ3n) is 10.2. The van der Waals surface area contributed by atoms with Gasteiger partial charge in [0.1, 0.15) is 17.5 Å². The number of carbonyl (C=O) groups excluding carboxylic acids is 2. The molecule has 4 aliphatic rings. The van der Waals surface area contributed by atoms with Crippen molar-refractivity contribution < 1.29 is 32.2 Å². The first-order valence-electron chi connectivity index (χ1n) is 16.7. The van der Waals surface area contributed by atoms with Gasteiger partial charge < -0.3 is 29.7 Å². The van der Waals surface area contributed by atoms with E-state index in [2.05, 4.69) is 26.3 Å². The first kappa shape index (κ1) is 34.5. The molecule has 0 aromatic heterocycles. The van der Waals surface area contributed by atoms with Crippen LogP contribution in [0.5, 0.6) is 5.75 Å². The first-order chi connectivity index (χ1) is 22.9. The fraction of sp³-hybridized carbons (Fsp3) is 0.543. The number of sulfonamides is 1. The molecule has 2 bridgehead atoms. The summed E-state index contributed by atoms with van der Waals surface area (Å²) in [6.45, 7) is 5.71. The minimum atomic E-state index is -4.24. The Kier molecular flexibility index (Phi) is 10.00. The second-order valence-corrected chi connectivity index (χ2v) is 15.9. The topological polar surface area (TPSA) is 135 Å². The van der Waals surface area contributed by atoms with Crippen LogP contribution in [0.4, 0.5) is 10.5 Å². The van der Waals surface area contributed by atoms with Gasteiger partial charge in [-0.25, -0.2) is 17.9 Å². The van der Waals surface area contributed by atoms with Gasteiger partial charge in [-0.05, 0) is 106 Å². The monoisotopic (exact) mass is 700 g/mol. The van der Waals surface area contributed by atoms with Crippen LogP contribution < -0.4 is 25.0 Å². The average molecular weight is 701 g/mol. The van der Waals surface area contributed by atoms with Crippen LogP contribution in [0.3, 0.4) is 0 Å². The zero-order chi connectivity index (χ0) is 34.1. The molecule has 6 rings (SSSR count). The lowest BCUT2D eigenvalue weighted by molar-refractivity contribution is -0.139. The van der Waals surface area contributed by atoms with E-state index in [1.54, 1.807) is 18.2 Å². The van der Waals surface area contributed by atoms with Gasteiger partial charge in [0.2, 0.25) is 0 Å². The highest BCUT2D eigenvalue weighted by molar-refractivity contribution is 7.90. The molecular weight excluding hydrogens is 656 g/mol. The molecule has 1 fully saturated rings. The standard InChI is InChI=1S/C35H45ClN4O7S/c1-34(2)32(41)39-48(43,44)26-10-13-31-29(19-26)40(21-35(22-45-31)14-4-6-23-18-25(36)9-12-28(23)35)20-24-8-11-27(24)30(7-5-17-46-34)47-33(42)38-16-15-37-3/h5,7,9-10,12-13,18-19,24,27,30,37H,4,6,8,11,14-17,20-22H2,1-3H3,(H,38,42)(H,39,41)/b7-5-/t24-,27+,30-,35-/m0/s1. The van der Waals surface area contributed by atoms with Gasteiger partial charge in [0.15, 0.2) is 0 Å². The van der Waals surface area contributed by atoms with E-state index in [0.29, 0.717) is 49.2 Å². The van der Waals surface area contributed by atoms with Crippen molar-refractivity contribution in [2.45, 2.75) is 68.0 Å². The summed E-state index contributed by atoms with van der Waals surface area (Å²) < 4.78 is 47.8. The van der Waals surface area contributed by atoms with Crippen molar-refractivity contribution in [3.05, 3.63) is 64.7 Å². The number of halogens is 1. The van der Waals surface area contributed by atoms with Gasteiger partial charge in [-0.3, -0.25) is 4.79 Å². The van der Waals surface area contributed by atoms with Gasteiger partial charge in [0.25, 0.3) is 15.9 Å². The highest BCUT2D eigenvalue weighted by Gasteiger charge is 2.45. The smallest absolute Gasteiger partial charge is 0.407 e. The van der Waals surface area contributed by atoms with Crippen LogP contribution >= 0.6 is 11.6 Å². The van der Waals surface area contributed by atoms with Gasteiger partial charge in [-0.15, -0.1) is 0 Å². The fourth-order valence-corrected chi connectivity index (χ4v) is 8.65. The maximum absolute atomic E-state index is 13.6. The predicted octanol–water partition coefficient (Wildman–Crippen LogP) is 4.32. The summed E-state index contributed by atoms with van der Waals surface area (Å²) in [7, 11) is -2.42. The van der Waals surface area contributed by atoms with Crippen molar-refractivity contribution in [3.63, 3.8) is 0 Å². The number of ether oxygens (including phenoxy) is 3. The molecule has 0 unspecified atom stereocenters. The quantitative estimate of drug-likeness (QED) is 0.315. The molecule has 2 aliphatic carbocycles. The molecule has 2 amide bonds. The van der Waals surface area contributed by atoms with Crippen molar-refractivity contribution in [2.75, 3.05) is 51.3 Å². The summed E-state index contributed by atoms with van der Waals surface area (Å²) in [6, 6.07) is 10.8. The number of aryl methyl sites for hydroxylation is 1. The fourth-order valence-electron chi connectivity index (χ4n) is 7.34. The summed E-state index contributed by atoms with van der Waals surface area (Å²) in [6.07, 6.45) is 7.12. The van der Waals surface area contributed by atoms with E-state index in [0.717, 1.165) is 32.1 Å². The number of alkyl carbamates (subject to hydrolysis) is 1. The Labute approximate surface area is 287 Å². The Balaban J connectivity index is 1.40. The lowest BCUT2D eigenvalue weighted by Gasteiger charge is -2.46. The molecule has 11 nitrogen and oxygen atoms in total. The van der Waals surface area contributed by atoms with Crippen molar-refractivity contribution in [2.24, 2.45) is 11.8 Å². The van der Waals surface area contributed by atoms with E-state index in [4.69, 9.17) is 25.8 Å². The second kappa shape index (κ2) is 13.9. The summed E-state index contributed by atoms with van der Waals surface area (Å²) >= 11 is 6.42. The molecule has 0 radical (unpaired) electrons. The van der Waals surface area contributed by atoms with E-state index >= 15 is 0 Å². The number of anilines is 1. The summed E-state index contributed by atoms with van der Waals surface area (Å²) in [5.41, 5.74) is 1.24. The lowest BCUT2D eigenvalue weighted by Crippen LogP contribution is -2.50. The van der Waals surface area contributed by atoms with Gasteiger partial charge >= 0.3 is 6.09 Å². The Bertz CT molecular complexity index is 1680. The molecule has 2 aliphatic heterocycles. The molecule has 3 N–H and O–H groups in total. The number of benzene rings is 2. The normalized spacial score (nSPS) is 28.4. The number of hydrogen-bond acceptors (Lipinski definition) is 9. The maximum atomic E-state index is 13.6. The Morgan fingerprint density at radius 2 is 2.00 bits per heavy atom. The second-order valence-electron chi connectivity index (χ2n) is 13.8. The zero-order valence-electron chi connectivity index (χ0n) is 27.7. The van der Waals surface area contributed by atoms with E-state index in [9.17, 15) is 18.0 Å². The van der Waals surface area contributed by atoms with Crippen LogP contribution in [-0.4, -0.2) is 78.6 Å². The molecule has 2 aromatic carbocycles. The zero-order valence-corrected chi connectivity index (χ0v) is 29.3. The maximum Gasteiger partial charge on any atom is 0.407 e. The van der Waals surface area contributed by atoms with Crippen molar-refractivity contribution in [1.29, 1.82) is 0 Å². The average Bonchev–Trinajstić information content (AvgIpc) is 3.17. The molecular formula is C35H45ClN4O7S. The van der Waals surface area contributed by atoms with Crippen LogP contribution in [0.15, 0.2) is 53.4 Å². The number of nitrogens with zero attached hydrogens (tertiary/aromatic N) is 1. The highest BCUT2D eigenvalue weighted by atomic mass is 35.5. The summed E-state index contributed by atoms with van der Waals surface area (Å²) in [4.78, 5) is 28.3. The number of amides is 2. The minimum absolute atomic E-state index is 0.0212. The third-order valence-corrected chi connectivity index (χ3v) is 11.8. The van der Waals surface area contributed by atoms with E-state index in [1.807, 2.05) is 25.3 Å². The number of likely N-dealkylation sites (N-methyl/N-ethyl adjacent to an activating group) is 1. The Morgan fingerprint density at radius 1 is 1.17 bits per heavy atom. The van der Waals surface area contributed by atoms with E-state index in [-0.39, 0.29) is 28.8 Å². The Hall–Kier alpha value is -3.32. The van der Waals surface area contributed by atoms with Gasteiger partial charge in [-0.2, -0.15) is 0 Å². The molecule has 1 saturated carbocycles. The van der Waals surface area contributed by atoms with Crippen molar-refractivity contribution in [3.8, 4) is 5.75 Å². The molecule has 0 saturated heterocycles. The Morgan fingerprint density at radius 3 is 2.77 bits per heavy atom. The van der Waals surface area contributed by atoms with Crippen LogP contribution in [-0.2, 0) is 36.1 Å². The molecule has 48 heavy (non-hydrogen) atoms. The predicted molar refractivity (Wildman–Crippen MR) is 183 cm³/mol. The van der Waals surface area contributed by atoms with E-state index in [1.165, 1.54) is 31.0 Å². The molecule has 2 aromatic rings. The first-order valence-corrected chi connectivity index (χ1v) is 18.5. The van der Waals surface area contributed by atoms with Crippen molar-refractivity contribution in [1.82, 2.24) is 15.4 Å². The van der Waals surface area contributed by atoms with Crippen LogP contribution in [0.25, 0.3) is 0 Å². The number of rotatable bonds is 4. The van der Waals surface area contributed by atoms with Crippen LogP contribution in [0.2, 0.25) is 5.02 Å². The molecule has 260 valence electrons. The van der Waals surface area contributed by atoms with Gasteiger partial charge in [0, 0.05) is 42.5 Å². The lowest BCUT2D eigenvalue weighted by atomic mass is 9.68. The number of hydrogen-bond donors (Lipinski definition) is 3. The SMILES string of the molecule is CNCCNC(=O)O[C@H]1/C=C\COC(C)(C)C(=O)NS(=O)(=O)c2ccc3c(c2)N(C[C@@H]2CC[C@H]21)C[C@@]1(CCCc2cc(Cl)ccc21)CO3. The number of nitrogens with one attached hydrogen (secondary N) is 3. The van der Waals surface area contributed by atoms with E-state index < -0.39 is 33.7 Å². The summed E-state index contributed by atoms with van der Waals surface area (Å²) in [5, 5.41) is 6.51. The van der Waals surface area contributed by atoms with Crippen LogP contribution in [0.1, 0.15) is 50.7 Å². The van der Waals surface area contributed by atoms with Gasteiger partial charge in [-0.1, -0.05) is 23.7 Å². The van der Waals surface area contributed by atoms with Crippen LogP contribution in [0, 0.1) is 11.8 Å².